The number of hydrogen-bond donors (Lipinski definition) is 1. The van der Waals surface area contributed by atoms with E-state index in [0.29, 0.717) is 18.0 Å². The number of nitrogens with zero attached hydrogens (tertiary/aromatic N) is 1. The van der Waals surface area contributed by atoms with Gasteiger partial charge in [-0.2, -0.15) is 0 Å². The molecule has 1 saturated heterocycles. The van der Waals surface area contributed by atoms with Crippen molar-refractivity contribution in [3.63, 3.8) is 0 Å². The van der Waals surface area contributed by atoms with E-state index in [1.807, 2.05) is 12.1 Å². The Labute approximate surface area is 115 Å². The molecule has 1 heterocycles. The zero-order valence-electron chi connectivity index (χ0n) is 11.7. The molecule has 2 nitrogen and oxygen atoms in total. The van der Waals surface area contributed by atoms with Crippen LogP contribution in [-0.2, 0) is 0 Å². The van der Waals surface area contributed by atoms with Crippen LogP contribution in [0.25, 0.3) is 0 Å². The lowest BCUT2D eigenvalue weighted by atomic mass is 9.86. The van der Waals surface area contributed by atoms with Crippen LogP contribution in [0.15, 0.2) is 18.2 Å². The highest BCUT2D eigenvalue weighted by molar-refractivity contribution is 6.31. The molecule has 0 amide bonds. The first-order valence-electron chi connectivity index (χ1n) is 6.75. The smallest absolute Gasteiger partial charge is 0.0455 e. The molecule has 100 valence electrons. The Morgan fingerprint density at radius 1 is 1.33 bits per heavy atom. The molecule has 3 atom stereocenters. The lowest BCUT2D eigenvalue weighted by Gasteiger charge is -2.44. The van der Waals surface area contributed by atoms with Gasteiger partial charge in [0, 0.05) is 29.3 Å². The summed E-state index contributed by atoms with van der Waals surface area (Å²) in [5.41, 5.74) is 2.48. The molecule has 0 aromatic heterocycles. The third-order valence-corrected chi connectivity index (χ3v) is 4.90. The van der Waals surface area contributed by atoms with Crippen molar-refractivity contribution >= 4 is 17.3 Å². The molecule has 3 heteroatoms. The third-order valence-electron chi connectivity index (χ3n) is 4.49. The summed E-state index contributed by atoms with van der Waals surface area (Å²) in [5, 5.41) is 4.29. The average Bonchev–Trinajstić information content (AvgIpc) is 2.37. The SMILES string of the molecule is CNC1CCN(c2cccc(Cl)c2C)C(C)C1C. The summed E-state index contributed by atoms with van der Waals surface area (Å²) < 4.78 is 0. The van der Waals surface area contributed by atoms with E-state index in [0.717, 1.165) is 11.6 Å². The maximum atomic E-state index is 6.23. The van der Waals surface area contributed by atoms with Crippen LogP contribution in [-0.4, -0.2) is 25.7 Å². The first-order chi connectivity index (χ1) is 8.56. The molecule has 18 heavy (non-hydrogen) atoms. The number of nitrogens with one attached hydrogen (secondary N) is 1. The predicted octanol–water partition coefficient (Wildman–Crippen LogP) is 3.47. The van der Waals surface area contributed by atoms with Crippen molar-refractivity contribution in [1.29, 1.82) is 0 Å². The van der Waals surface area contributed by atoms with Crippen LogP contribution in [0.5, 0.6) is 0 Å². The first kappa shape index (κ1) is 13.7. The zero-order valence-corrected chi connectivity index (χ0v) is 12.5. The normalized spacial score (nSPS) is 28.5. The van der Waals surface area contributed by atoms with Gasteiger partial charge in [0.1, 0.15) is 0 Å². The summed E-state index contributed by atoms with van der Waals surface area (Å²) in [4.78, 5) is 2.50. The molecule has 0 saturated carbocycles. The van der Waals surface area contributed by atoms with Crippen molar-refractivity contribution in [2.75, 3.05) is 18.5 Å². The molecule has 0 bridgehead atoms. The van der Waals surface area contributed by atoms with E-state index >= 15 is 0 Å². The van der Waals surface area contributed by atoms with Crippen LogP contribution in [0.2, 0.25) is 5.02 Å². The van der Waals surface area contributed by atoms with E-state index in [1.165, 1.54) is 17.7 Å². The fourth-order valence-corrected chi connectivity index (χ4v) is 3.19. The number of rotatable bonds is 2. The molecule has 3 unspecified atom stereocenters. The minimum atomic E-state index is 0.536. The van der Waals surface area contributed by atoms with Crippen molar-refractivity contribution in [3.05, 3.63) is 28.8 Å². The second-order valence-electron chi connectivity index (χ2n) is 5.36. The molecular formula is C15H23ClN2. The Bertz CT molecular complexity index is 419. The van der Waals surface area contributed by atoms with Gasteiger partial charge in [-0.3, -0.25) is 0 Å². The zero-order chi connectivity index (χ0) is 13.3. The molecule has 1 fully saturated rings. The predicted molar refractivity (Wildman–Crippen MR) is 79.6 cm³/mol. The highest BCUT2D eigenvalue weighted by Crippen LogP contribution is 2.33. The van der Waals surface area contributed by atoms with Gasteiger partial charge in [-0.1, -0.05) is 24.6 Å². The summed E-state index contributed by atoms with van der Waals surface area (Å²) in [7, 11) is 2.06. The van der Waals surface area contributed by atoms with Gasteiger partial charge in [0.15, 0.2) is 0 Å². The molecule has 0 radical (unpaired) electrons. The van der Waals surface area contributed by atoms with Crippen LogP contribution in [0.1, 0.15) is 25.8 Å². The highest BCUT2D eigenvalue weighted by atomic mass is 35.5. The molecule has 0 aliphatic carbocycles. The average molecular weight is 267 g/mol. The van der Waals surface area contributed by atoms with Crippen LogP contribution in [0.3, 0.4) is 0 Å². The number of benzene rings is 1. The van der Waals surface area contributed by atoms with Gasteiger partial charge in [-0.25, -0.2) is 0 Å². The van der Waals surface area contributed by atoms with Gasteiger partial charge in [0.2, 0.25) is 0 Å². The van der Waals surface area contributed by atoms with Gasteiger partial charge in [0.25, 0.3) is 0 Å². The Morgan fingerprint density at radius 3 is 2.72 bits per heavy atom. The second-order valence-corrected chi connectivity index (χ2v) is 5.77. The molecular weight excluding hydrogens is 244 g/mol. The van der Waals surface area contributed by atoms with Crippen molar-refractivity contribution in [2.45, 2.75) is 39.3 Å². The molecule has 1 aromatic rings. The van der Waals surface area contributed by atoms with Crippen LogP contribution < -0.4 is 10.2 Å². The van der Waals surface area contributed by atoms with Crippen molar-refractivity contribution in [3.8, 4) is 0 Å². The summed E-state index contributed by atoms with van der Waals surface area (Å²) in [6, 6.07) is 7.36. The summed E-state index contributed by atoms with van der Waals surface area (Å²) in [5.74, 6) is 0.641. The first-order valence-corrected chi connectivity index (χ1v) is 7.13. The summed E-state index contributed by atoms with van der Waals surface area (Å²) >= 11 is 6.23. The van der Waals surface area contributed by atoms with Gasteiger partial charge in [0.05, 0.1) is 0 Å². The van der Waals surface area contributed by atoms with E-state index in [1.54, 1.807) is 0 Å². The fraction of sp³-hybridized carbons (Fsp3) is 0.600. The van der Waals surface area contributed by atoms with E-state index in [2.05, 4.69) is 44.1 Å². The monoisotopic (exact) mass is 266 g/mol. The molecule has 1 aliphatic rings. The Hall–Kier alpha value is -0.730. The number of piperidine rings is 1. The van der Waals surface area contributed by atoms with Gasteiger partial charge in [-0.15, -0.1) is 0 Å². The number of anilines is 1. The lowest BCUT2D eigenvalue weighted by molar-refractivity contribution is 0.282. The second kappa shape index (κ2) is 5.50. The maximum Gasteiger partial charge on any atom is 0.0455 e. The topological polar surface area (TPSA) is 15.3 Å². The fourth-order valence-electron chi connectivity index (χ4n) is 3.02. The Balaban J connectivity index is 2.27. The van der Waals surface area contributed by atoms with Crippen molar-refractivity contribution < 1.29 is 0 Å². The molecule has 2 rings (SSSR count). The molecule has 1 aliphatic heterocycles. The largest absolute Gasteiger partial charge is 0.368 e. The van der Waals surface area contributed by atoms with Crippen LogP contribution in [0.4, 0.5) is 5.69 Å². The van der Waals surface area contributed by atoms with Gasteiger partial charge < -0.3 is 10.2 Å². The third kappa shape index (κ3) is 2.36. The number of hydrogen-bond acceptors (Lipinski definition) is 2. The standard InChI is InChI=1S/C15H23ClN2/c1-10-12(3)18(9-8-14(10)17-4)15-7-5-6-13(16)11(15)2/h5-7,10,12,14,17H,8-9H2,1-4H3. The van der Waals surface area contributed by atoms with E-state index in [9.17, 15) is 0 Å². The molecule has 1 N–H and O–H groups in total. The van der Waals surface area contributed by atoms with Crippen molar-refractivity contribution in [1.82, 2.24) is 5.32 Å². The van der Waals surface area contributed by atoms with Crippen LogP contribution in [0, 0.1) is 12.8 Å². The Kier molecular flexibility index (Phi) is 4.18. The van der Waals surface area contributed by atoms with Crippen molar-refractivity contribution in [2.24, 2.45) is 5.92 Å². The quantitative estimate of drug-likeness (QED) is 0.882. The van der Waals surface area contributed by atoms with E-state index in [-0.39, 0.29) is 0 Å². The minimum absolute atomic E-state index is 0.536. The van der Waals surface area contributed by atoms with Crippen LogP contribution >= 0.6 is 11.6 Å². The number of halogens is 1. The maximum absolute atomic E-state index is 6.23. The molecule has 0 spiro atoms. The lowest BCUT2D eigenvalue weighted by Crippen LogP contribution is -2.53. The van der Waals surface area contributed by atoms with Gasteiger partial charge >= 0.3 is 0 Å². The highest BCUT2D eigenvalue weighted by Gasteiger charge is 2.32. The minimum Gasteiger partial charge on any atom is -0.368 e. The Morgan fingerprint density at radius 2 is 2.06 bits per heavy atom. The van der Waals surface area contributed by atoms with E-state index in [4.69, 9.17) is 11.6 Å². The molecule has 1 aromatic carbocycles. The summed E-state index contributed by atoms with van der Waals surface area (Å²) in [6.45, 7) is 7.85. The summed E-state index contributed by atoms with van der Waals surface area (Å²) in [6.07, 6.45) is 1.19. The van der Waals surface area contributed by atoms with E-state index < -0.39 is 0 Å². The van der Waals surface area contributed by atoms with Gasteiger partial charge in [-0.05, 0) is 50.9 Å².